The lowest BCUT2D eigenvalue weighted by Crippen LogP contribution is -2.45. The van der Waals surface area contributed by atoms with E-state index in [0.29, 0.717) is 16.7 Å². The van der Waals surface area contributed by atoms with Crippen LogP contribution < -0.4 is 0 Å². The van der Waals surface area contributed by atoms with Crippen molar-refractivity contribution in [3.05, 3.63) is 108 Å². The molecule has 3 aromatic rings. The van der Waals surface area contributed by atoms with Crippen molar-refractivity contribution in [1.29, 1.82) is 0 Å². The van der Waals surface area contributed by atoms with Crippen LogP contribution in [0.15, 0.2) is 91.0 Å². The normalized spacial score (nSPS) is 38.4. The Morgan fingerprint density at radius 3 is 1.17 bits per heavy atom. The summed E-state index contributed by atoms with van der Waals surface area (Å²) >= 11 is 20.4. The molecule has 3 aliphatic heterocycles. The lowest BCUT2D eigenvalue weighted by molar-refractivity contribution is -0.148. The zero-order valence-electron chi connectivity index (χ0n) is 19.0. The minimum Gasteiger partial charge on any atom is -0.331 e. The fourth-order valence-electron chi connectivity index (χ4n) is 4.67. The van der Waals surface area contributed by atoms with E-state index in [9.17, 15) is 0 Å². The van der Waals surface area contributed by atoms with Gasteiger partial charge in [0.25, 0.3) is 15.7 Å². The topological polar surface area (TPSA) is 55.4 Å². The summed E-state index contributed by atoms with van der Waals surface area (Å²) in [5.41, 5.74) is 1.99. The van der Waals surface area contributed by atoms with Gasteiger partial charge in [0.15, 0.2) is 0 Å². The summed E-state index contributed by atoms with van der Waals surface area (Å²) in [4.78, 5) is 0. The monoisotopic (exact) mass is 548 g/mol. The highest BCUT2D eigenvalue weighted by atomic mass is 35.5. The highest BCUT2D eigenvalue weighted by Crippen LogP contribution is 2.50. The van der Waals surface area contributed by atoms with Crippen LogP contribution in [0.2, 0.25) is 0 Å². The summed E-state index contributed by atoms with van der Waals surface area (Å²) in [6.07, 6.45) is -2.61. The summed E-state index contributed by atoms with van der Waals surface area (Å²) in [7, 11) is 0. The molecule has 6 rings (SSSR count). The first-order valence-electron chi connectivity index (χ1n) is 11.6. The second-order valence-electron chi connectivity index (χ2n) is 8.81. The van der Waals surface area contributed by atoms with Gasteiger partial charge in [-0.25, -0.2) is 0 Å². The Hall–Kier alpha value is -1.71. The number of hydrogen-bond acceptors (Lipinski definition) is 6. The first-order chi connectivity index (χ1) is 17.4. The van der Waals surface area contributed by atoms with Crippen molar-refractivity contribution in [2.45, 2.75) is 40.2 Å². The van der Waals surface area contributed by atoms with E-state index in [1.807, 2.05) is 91.0 Å². The van der Waals surface area contributed by atoms with Gasteiger partial charge in [0.2, 0.25) is 0 Å². The van der Waals surface area contributed by atoms with Gasteiger partial charge >= 0.3 is 0 Å². The van der Waals surface area contributed by atoms with Crippen molar-refractivity contribution in [2.24, 2.45) is 0 Å². The van der Waals surface area contributed by atoms with E-state index in [1.54, 1.807) is 0 Å². The van der Waals surface area contributed by atoms with Crippen LogP contribution >= 0.6 is 34.8 Å². The van der Waals surface area contributed by atoms with Crippen LogP contribution in [-0.2, 0) is 44.2 Å². The van der Waals surface area contributed by atoms with Crippen LogP contribution in [0.25, 0.3) is 0 Å². The van der Waals surface area contributed by atoms with Crippen LogP contribution in [0.5, 0.6) is 0 Å². The summed E-state index contributed by atoms with van der Waals surface area (Å²) in [5, 5.41) is -4.49. The lowest BCUT2D eigenvalue weighted by Gasteiger charge is -2.27. The number of alkyl halides is 3. The molecule has 6 nitrogen and oxygen atoms in total. The molecule has 0 radical (unpaired) electrons. The molecule has 0 N–H and O–H groups in total. The molecule has 3 aliphatic rings. The molecule has 3 fully saturated rings. The van der Waals surface area contributed by atoms with Crippen molar-refractivity contribution in [1.82, 2.24) is 0 Å². The molecule has 9 heteroatoms. The van der Waals surface area contributed by atoms with Crippen molar-refractivity contribution < 1.29 is 28.4 Å². The smallest absolute Gasteiger partial charge is 0.277 e. The SMILES string of the molecule is ClC1(c2ccccc2)O[C@@H]([C@@H]2COC(Cl)(c3ccccc3)O2)[C@H]([C@H]2COC(Cl)(c3ccccc3)O2)O1. The van der Waals surface area contributed by atoms with E-state index in [1.165, 1.54) is 0 Å². The number of benzene rings is 3. The van der Waals surface area contributed by atoms with E-state index in [0.717, 1.165) is 0 Å². The Kier molecular flexibility index (Phi) is 6.53. The molecule has 0 saturated carbocycles. The van der Waals surface area contributed by atoms with Crippen LogP contribution in [0.1, 0.15) is 16.7 Å². The zero-order chi connectivity index (χ0) is 24.8. The van der Waals surface area contributed by atoms with E-state index in [2.05, 4.69) is 0 Å². The zero-order valence-corrected chi connectivity index (χ0v) is 21.2. The fourth-order valence-corrected chi connectivity index (χ4v) is 5.60. The Bertz CT molecular complexity index is 1110. The van der Waals surface area contributed by atoms with Crippen molar-refractivity contribution in [2.75, 3.05) is 13.2 Å². The predicted molar refractivity (Wildman–Crippen MR) is 133 cm³/mol. The minimum atomic E-state index is -1.57. The van der Waals surface area contributed by atoms with Gasteiger partial charge in [-0.15, -0.1) is 0 Å². The molecule has 7 atom stereocenters. The number of rotatable bonds is 5. The van der Waals surface area contributed by atoms with E-state index < -0.39 is 40.2 Å². The van der Waals surface area contributed by atoms with Crippen molar-refractivity contribution in [3.8, 4) is 0 Å². The third kappa shape index (κ3) is 4.45. The molecule has 3 saturated heterocycles. The molecule has 3 heterocycles. The average Bonchev–Trinajstić information content (AvgIpc) is 3.62. The highest BCUT2D eigenvalue weighted by molar-refractivity contribution is 6.22. The van der Waals surface area contributed by atoms with Gasteiger partial charge in [-0.05, 0) is 0 Å². The quantitative estimate of drug-likeness (QED) is 0.378. The molecule has 36 heavy (non-hydrogen) atoms. The summed E-state index contributed by atoms with van der Waals surface area (Å²) in [6, 6.07) is 27.9. The van der Waals surface area contributed by atoms with Crippen LogP contribution in [0.3, 0.4) is 0 Å². The molecule has 0 bridgehead atoms. The summed E-state index contributed by atoms with van der Waals surface area (Å²) < 4.78 is 37.0. The second kappa shape index (κ2) is 9.55. The number of hydrogen-bond donors (Lipinski definition) is 0. The largest absolute Gasteiger partial charge is 0.331 e. The first kappa shape index (κ1) is 24.6. The van der Waals surface area contributed by atoms with E-state index in [-0.39, 0.29) is 13.2 Å². The summed E-state index contributed by atoms with van der Waals surface area (Å²) in [5.74, 6) is 0. The summed E-state index contributed by atoms with van der Waals surface area (Å²) in [6.45, 7) is 0.311. The third-order valence-electron chi connectivity index (χ3n) is 6.46. The maximum atomic E-state index is 6.92. The van der Waals surface area contributed by atoms with Gasteiger partial charge in [0, 0.05) is 16.7 Å². The van der Waals surface area contributed by atoms with Crippen LogP contribution in [-0.4, -0.2) is 37.6 Å². The Balaban J connectivity index is 1.29. The molecule has 0 amide bonds. The Labute approximate surface area is 223 Å². The molecule has 0 aromatic heterocycles. The van der Waals surface area contributed by atoms with Crippen molar-refractivity contribution in [3.63, 3.8) is 0 Å². The first-order valence-corrected chi connectivity index (χ1v) is 12.7. The van der Waals surface area contributed by atoms with E-state index >= 15 is 0 Å². The second-order valence-corrected chi connectivity index (χ2v) is 10.3. The molecule has 188 valence electrons. The predicted octanol–water partition coefficient (Wildman–Crippen LogP) is 5.75. The van der Waals surface area contributed by atoms with Gasteiger partial charge in [-0.1, -0.05) is 126 Å². The number of halogens is 3. The lowest BCUT2D eigenvalue weighted by atomic mass is 10.0. The average molecular weight is 550 g/mol. The van der Waals surface area contributed by atoms with Gasteiger partial charge in [-0.2, -0.15) is 0 Å². The van der Waals surface area contributed by atoms with Gasteiger partial charge in [-0.3, -0.25) is 0 Å². The molecular formula is C27H23Cl3O6. The Morgan fingerprint density at radius 2 is 0.806 bits per heavy atom. The Morgan fingerprint density at radius 1 is 0.472 bits per heavy atom. The maximum absolute atomic E-state index is 6.92. The van der Waals surface area contributed by atoms with E-state index in [4.69, 9.17) is 63.2 Å². The molecule has 3 aromatic carbocycles. The third-order valence-corrected chi connectivity index (χ3v) is 7.69. The van der Waals surface area contributed by atoms with Crippen LogP contribution in [0.4, 0.5) is 0 Å². The van der Waals surface area contributed by atoms with Gasteiger partial charge in [0.05, 0.1) is 13.2 Å². The fraction of sp³-hybridized carbons (Fsp3) is 0.333. The minimum absolute atomic E-state index is 0.156. The van der Waals surface area contributed by atoms with Gasteiger partial charge < -0.3 is 28.4 Å². The van der Waals surface area contributed by atoms with Crippen LogP contribution in [0, 0.1) is 0 Å². The molecular weight excluding hydrogens is 527 g/mol. The molecule has 3 unspecified atom stereocenters. The molecule has 0 aliphatic carbocycles. The van der Waals surface area contributed by atoms with Gasteiger partial charge in [0.1, 0.15) is 24.4 Å². The van der Waals surface area contributed by atoms with Crippen molar-refractivity contribution >= 4 is 34.8 Å². The number of ether oxygens (including phenoxy) is 6. The molecule has 0 spiro atoms. The maximum Gasteiger partial charge on any atom is 0.277 e. The standard InChI is InChI=1S/C27H23Cl3O6/c28-25(18-10-4-1-5-11-18)31-16-21(33-25)23-24(36-27(30,35-23)20-14-8-3-9-15-20)22-17-32-26(29,34-22)19-12-6-2-7-13-19/h1-15,21-24H,16-17H2/t21-,22+,23-,24-,25?,26?,27?/m0/s1. The highest BCUT2D eigenvalue weighted by Gasteiger charge is 2.60.